The smallest absolute Gasteiger partial charge is 0.151 e. The summed E-state index contributed by atoms with van der Waals surface area (Å²) in [6, 6.07) is 11.3. The molecule has 9 nitrogen and oxygen atoms in total. The molecule has 1 aromatic carbocycles. The average molecular weight is 429 g/mol. The van der Waals surface area contributed by atoms with Crippen LogP contribution in [-0.2, 0) is 0 Å². The highest BCUT2D eigenvalue weighted by Crippen LogP contribution is 2.55. The molecule has 1 N–H and O–H groups in total. The summed E-state index contributed by atoms with van der Waals surface area (Å²) in [5.41, 5.74) is 3.65. The van der Waals surface area contributed by atoms with Gasteiger partial charge in [-0.1, -0.05) is 5.21 Å². The van der Waals surface area contributed by atoms with Crippen LogP contribution in [-0.4, -0.2) is 78.1 Å². The van der Waals surface area contributed by atoms with E-state index in [4.69, 9.17) is 0 Å². The van der Waals surface area contributed by atoms with Crippen LogP contribution in [0.4, 0.5) is 5.82 Å². The van der Waals surface area contributed by atoms with Crippen molar-refractivity contribution in [3.05, 3.63) is 42.9 Å². The molecular weight excluding hydrogens is 402 g/mol. The Balaban J connectivity index is 1.19. The van der Waals surface area contributed by atoms with Crippen molar-refractivity contribution in [3.8, 4) is 16.9 Å². The number of likely N-dealkylation sites (N-methyl/N-ethyl adjacent to an activating group) is 2. The standard InChI is InChI=1S/C23H26N9/c1-30(20-11-14-3-4-15-12-21(20)32(14,15)2)22-8-6-18(26-27-22)16-5-7-19(31-10-9-24-29-31)23-17(16)13-25-28-23/h5-10,13-15,20-21H,3-4,11-12H2,1-2H3,(H,25,28)/q+1/t14?,15?,20?,21-,32?/m1/s1. The van der Waals surface area contributed by atoms with Gasteiger partial charge >= 0.3 is 0 Å². The molecule has 162 valence electrons. The van der Waals surface area contributed by atoms with E-state index >= 15 is 0 Å². The SMILES string of the molecule is CN(c1ccc(-c2ccc(-n3ccnn3)c3[nH]ncc23)nn1)C1CC2CCC3C[C@H]1[N+]23C. The van der Waals surface area contributed by atoms with Crippen LogP contribution < -0.4 is 4.90 Å². The number of quaternary nitrogens is 1. The molecule has 0 spiro atoms. The summed E-state index contributed by atoms with van der Waals surface area (Å²) in [6.07, 6.45) is 10.8. The first-order chi connectivity index (χ1) is 15.6. The molecule has 0 radical (unpaired) electrons. The van der Waals surface area contributed by atoms with E-state index in [1.165, 1.54) is 30.2 Å². The highest BCUT2D eigenvalue weighted by molar-refractivity contribution is 5.97. The van der Waals surface area contributed by atoms with Gasteiger partial charge in [0.15, 0.2) is 5.82 Å². The number of fused-ring (bicyclic) bond motifs is 1. The summed E-state index contributed by atoms with van der Waals surface area (Å²) in [5.74, 6) is 0.956. The van der Waals surface area contributed by atoms with Crippen molar-refractivity contribution in [1.29, 1.82) is 0 Å². The fraction of sp³-hybridized carbons (Fsp3) is 0.435. The van der Waals surface area contributed by atoms with Crippen molar-refractivity contribution in [2.45, 2.75) is 49.9 Å². The molecular formula is C23H26N9+. The van der Waals surface area contributed by atoms with Crippen molar-refractivity contribution in [1.82, 2.24) is 35.4 Å². The van der Waals surface area contributed by atoms with Crippen molar-refractivity contribution < 1.29 is 4.48 Å². The number of benzene rings is 1. The minimum Gasteiger partial charge on any atom is -0.349 e. The summed E-state index contributed by atoms with van der Waals surface area (Å²) >= 11 is 0. The molecule has 3 aromatic heterocycles. The highest BCUT2D eigenvalue weighted by Gasteiger charge is 2.68. The predicted octanol–water partition coefficient (Wildman–Crippen LogP) is 2.56. The molecule has 3 fully saturated rings. The zero-order valence-corrected chi connectivity index (χ0v) is 18.3. The molecule has 4 unspecified atom stereocenters. The topological polar surface area (TPSA) is 88.4 Å². The Morgan fingerprint density at radius 2 is 1.97 bits per heavy atom. The van der Waals surface area contributed by atoms with Crippen LogP contribution >= 0.6 is 0 Å². The van der Waals surface area contributed by atoms with Crippen LogP contribution in [0.25, 0.3) is 27.8 Å². The lowest BCUT2D eigenvalue weighted by atomic mass is 9.86. The molecule has 4 aromatic rings. The molecule has 0 aliphatic carbocycles. The fourth-order valence-corrected chi connectivity index (χ4v) is 6.82. The largest absolute Gasteiger partial charge is 0.349 e. The van der Waals surface area contributed by atoms with E-state index in [-0.39, 0.29) is 0 Å². The van der Waals surface area contributed by atoms with Gasteiger partial charge in [0, 0.05) is 37.3 Å². The molecule has 3 aliphatic rings. The summed E-state index contributed by atoms with van der Waals surface area (Å²) in [6.45, 7) is 0. The molecule has 32 heavy (non-hydrogen) atoms. The van der Waals surface area contributed by atoms with Crippen LogP contribution in [0.1, 0.15) is 25.7 Å². The van der Waals surface area contributed by atoms with Gasteiger partial charge in [0.25, 0.3) is 0 Å². The van der Waals surface area contributed by atoms with Gasteiger partial charge in [0.05, 0.1) is 67.1 Å². The van der Waals surface area contributed by atoms with E-state index < -0.39 is 0 Å². The molecule has 3 aliphatic heterocycles. The molecule has 6 heterocycles. The van der Waals surface area contributed by atoms with Crippen LogP contribution in [0.2, 0.25) is 0 Å². The van der Waals surface area contributed by atoms with Gasteiger partial charge in [-0.15, -0.1) is 15.3 Å². The summed E-state index contributed by atoms with van der Waals surface area (Å²) in [5, 5.41) is 25.6. The molecule has 3 saturated heterocycles. The number of nitrogens with one attached hydrogen (secondary N) is 1. The van der Waals surface area contributed by atoms with Gasteiger partial charge in [0.1, 0.15) is 6.04 Å². The summed E-state index contributed by atoms with van der Waals surface area (Å²) in [4.78, 5) is 2.38. The molecule has 5 atom stereocenters. The number of anilines is 1. The van der Waals surface area contributed by atoms with Crippen molar-refractivity contribution in [3.63, 3.8) is 0 Å². The third-order valence-corrected chi connectivity index (χ3v) is 8.64. The Hall–Kier alpha value is -3.33. The van der Waals surface area contributed by atoms with E-state index in [0.29, 0.717) is 6.04 Å². The van der Waals surface area contributed by atoms with Gasteiger partial charge < -0.3 is 9.38 Å². The first-order valence-electron chi connectivity index (χ1n) is 11.4. The molecule has 0 saturated carbocycles. The Labute approximate surface area is 185 Å². The van der Waals surface area contributed by atoms with E-state index in [2.05, 4.69) is 61.8 Å². The van der Waals surface area contributed by atoms with E-state index in [1.54, 1.807) is 10.9 Å². The Kier molecular flexibility index (Phi) is 3.62. The first kappa shape index (κ1) is 18.3. The van der Waals surface area contributed by atoms with Crippen LogP contribution in [0.15, 0.2) is 42.9 Å². The second-order valence-electron chi connectivity index (χ2n) is 9.74. The van der Waals surface area contributed by atoms with Gasteiger partial charge in [-0.25, -0.2) is 4.68 Å². The maximum atomic E-state index is 4.64. The normalized spacial score (nSPS) is 30.4. The Morgan fingerprint density at radius 3 is 2.72 bits per heavy atom. The summed E-state index contributed by atoms with van der Waals surface area (Å²) in [7, 11) is 4.68. The third-order valence-electron chi connectivity index (χ3n) is 8.64. The Morgan fingerprint density at radius 1 is 1.09 bits per heavy atom. The fourth-order valence-electron chi connectivity index (χ4n) is 6.82. The van der Waals surface area contributed by atoms with E-state index in [1.807, 2.05) is 24.5 Å². The number of nitrogens with zero attached hydrogens (tertiary/aromatic N) is 8. The maximum Gasteiger partial charge on any atom is 0.151 e. The lowest BCUT2D eigenvalue weighted by molar-refractivity contribution is -0.993. The minimum absolute atomic E-state index is 0.559. The van der Waals surface area contributed by atoms with Crippen molar-refractivity contribution in [2.75, 3.05) is 19.0 Å². The molecule has 0 bridgehead atoms. The van der Waals surface area contributed by atoms with E-state index in [0.717, 1.165) is 51.8 Å². The Bertz CT molecular complexity index is 1300. The zero-order valence-electron chi connectivity index (χ0n) is 18.3. The van der Waals surface area contributed by atoms with Crippen molar-refractivity contribution in [2.24, 2.45) is 0 Å². The third kappa shape index (κ3) is 2.29. The second kappa shape index (κ2) is 6.35. The van der Waals surface area contributed by atoms with E-state index in [9.17, 15) is 0 Å². The lowest BCUT2D eigenvalue weighted by Crippen LogP contribution is -2.68. The van der Waals surface area contributed by atoms with Gasteiger partial charge in [-0.05, 0) is 24.3 Å². The number of hydrogen-bond acceptors (Lipinski definition) is 6. The minimum atomic E-state index is 0.559. The molecule has 9 heteroatoms. The molecule has 0 amide bonds. The van der Waals surface area contributed by atoms with Gasteiger partial charge in [-0.3, -0.25) is 5.10 Å². The van der Waals surface area contributed by atoms with Gasteiger partial charge in [-0.2, -0.15) is 5.10 Å². The van der Waals surface area contributed by atoms with Crippen LogP contribution in [0, 0.1) is 0 Å². The average Bonchev–Trinajstić information content (AvgIpc) is 3.56. The second-order valence-corrected chi connectivity index (χ2v) is 9.74. The number of H-pyrrole nitrogens is 1. The van der Waals surface area contributed by atoms with Crippen LogP contribution in [0.3, 0.4) is 0 Å². The summed E-state index contributed by atoms with van der Waals surface area (Å²) < 4.78 is 3.03. The lowest BCUT2D eigenvalue weighted by Gasteiger charge is -2.53. The first-order valence-corrected chi connectivity index (χ1v) is 11.4. The monoisotopic (exact) mass is 428 g/mol. The highest BCUT2D eigenvalue weighted by atomic mass is 15.5. The van der Waals surface area contributed by atoms with Crippen molar-refractivity contribution >= 4 is 16.7 Å². The number of aromatic amines is 1. The van der Waals surface area contributed by atoms with Gasteiger partial charge in [0.2, 0.25) is 0 Å². The zero-order chi connectivity index (χ0) is 21.4. The number of aromatic nitrogens is 7. The number of rotatable bonds is 4. The predicted molar refractivity (Wildman–Crippen MR) is 120 cm³/mol. The van der Waals surface area contributed by atoms with Crippen LogP contribution in [0.5, 0.6) is 0 Å². The quantitative estimate of drug-likeness (QED) is 0.503. The number of hydrogen-bond donors (Lipinski definition) is 1. The maximum absolute atomic E-state index is 4.64. The molecule has 7 rings (SSSR count).